The Bertz CT molecular complexity index is 377. The zero-order chi connectivity index (χ0) is 12.0. The van der Waals surface area contributed by atoms with Gasteiger partial charge in [0.05, 0.1) is 0 Å². The van der Waals surface area contributed by atoms with Crippen molar-refractivity contribution in [3.05, 3.63) is 53.1 Å². The Morgan fingerprint density at radius 3 is 2.25 bits per heavy atom. The van der Waals surface area contributed by atoms with E-state index < -0.39 is 0 Å². The molecule has 0 spiro atoms. The molecule has 0 bridgehead atoms. The molecule has 0 aliphatic heterocycles. The van der Waals surface area contributed by atoms with Crippen LogP contribution in [0.3, 0.4) is 0 Å². The van der Waals surface area contributed by atoms with E-state index in [1.54, 1.807) is 0 Å². The van der Waals surface area contributed by atoms with E-state index in [1.165, 1.54) is 35.1 Å². The maximum Gasteiger partial charge on any atom is -0.0227 e. The van der Waals surface area contributed by atoms with Crippen LogP contribution >= 0.6 is 0 Å². The SMILES string of the molecule is CCC/C(C)=C\C=C(/C)c1ccc(C)cc1. The molecule has 0 aliphatic rings. The van der Waals surface area contributed by atoms with Crippen molar-refractivity contribution in [2.75, 3.05) is 0 Å². The van der Waals surface area contributed by atoms with E-state index >= 15 is 0 Å². The molecule has 1 aromatic rings. The quantitative estimate of drug-likeness (QED) is 0.608. The van der Waals surface area contributed by atoms with Gasteiger partial charge in [0, 0.05) is 0 Å². The molecule has 0 unspecified atom stereocenters. The molecule has 0 saturated carbocycles. The molecule has 86 valence electrons. The van der Waals surface area contributed by atoms with Gasteiger partial charge in [0.2, 0.25) is 0 Å². The van der Waals surface area contributed by atoms with Gasteiger partial charge >= 0.3 is 0 Å². The van der Waals surface area contributed by atoms with Crippen molar-refractivity contribution in [3.63, 3.8) is 0 Å². The van der Waals surface area contributed by atoms with Gasteiger partial charge < -0.3 is 0 Å². The molecule has 1 rings (SSSR count). The Morgan fingerprint density at radius 1 is 1.06 bits per heavy atom. The first kappa shape index (κ1) is 12.8. The minimum atomic E-state index is 1.19. The highest BCUT2D eigenvalue weighted by atomic mass is 14.0. The number of hydrogen-bond acceptors (Lipinski definition) is 0. The second-order valence-corrected chi connectivity index (χ2v) is 4.48. The summed E-state index contributed by atoms with van der Waals surface area (Å²) in [6, 6.07) is 8.69. The van der Waals surface area contributed by atoms with E-state index in [1.807, 2.05) is 0 Å². The number of allylic oxidation sites excluding steroid dienone is 4. The molecule has 0 nitrogen and oxygen atoms in total. The molecule has 0 radical (unpaired) electrons. The first-order valence-electron chi connectivity index (χ1n) is 6.04. The molecule has 16 heavy (non-hydrogen) atoms. The van der Waals surface area contributed by atoms with Gasteiger partial charge in [0.25, 0.3) is 0 Å². The summed E-state index contributed by atoms with van der Waals surface area (Å²) in [6.45, 7) is 8.70. The van der Waals surface area contributed by atoms with Crippen molar-refractivity contribution in [2.24, 2.45) is 0 Å². The van der Waals surface area contributed by atoms with Crippen molar-refractivity contribution in [2.45, 2.75) is 40.5 Å². The van der Waals surface area contributed by atoms with Gasteiger partial charge in [0.15, 0.2) is 0 Å². The Morgan fingerprint density at radius 2 is 1.69 bits per heavy atom. The van der Waals surface area contributed by atoms with Gasteiger partial charge in [-0.1, -0.05) is 60.9 Å². The summed E-state index contributed by atoms with van der Waals surface area (Å²) in [5.41, 5.74) is 5.41. The minimum absolute atomic E-state index is 1.19. The van der Waals surface area contributed by atoms with E-state index in [0.29, 0.717) is 0 Å². The highest BCUT2D eigenvalue weighted by molar-refractivity contribution is 5.65. The number of rotatable bonds is 4. The van der Waals surface area contributed by atoms with Crippen LogP contribution in [-0.4, -0.2) is 0 Å². The van der Waals surface area contributed by atoms with Crippen LogP contribution in [0.15, 0.2) is 42.0 Å². The standard InChI is InChI=1S/C16H22/c1-5-6-13(2)7-10-15(4)16-11-8-14(3)9-12-16/h7-12H,5-6H2,1-4H3/b13-7-,15-10+. The zero-order valence-electron chi connectivity index (χ0n) is 10.9. The largest absolute Gasteiger partial charge is 0.0733 e. The average molecular weight is 214 g/mol. The second-order valence-electron chi connectivity index (χ2n) is 4.48. The summed E-state index contributed by atoms with van der Waals surface area (Å²) < 4.78 is 0. The first-order valence-corrected chi connectivity index (χ1v) is 6.04. The van der Waals surface area contributed by atoms with E-state index in [4.69, 9.17) is 0 Å². The third-order valence-electron chi connectivity index (χ3n) is 2.77. The summed E-state index contributed by atoms with van der Waals surface area (Å²) >= 11 is 0. The van der Waals surface area contributed by atoms with Crippen LogP contribution in [0.4, 0.5) is 0 Å². The molecule has 0 saturated heterocycles. The van der Waals surface area contributed by atoms with Crippen LogP contribution < -0.4 is 0 Å². The van der Waals surface area contributed by atoms with Gasteiger partial charge in [-0.2, -0.15) is 0 Å². The van der Waals surface area contributed by atoms with E-state index in [2.05, 4.69) is 64.1 Å². The van der Waals surface area contributed by atoms with Crippen LogP contribution in [0.2, 0.25) is 0 Å². The molecule has 0 fully saturated rings. The average Bonchev–Trinajstić information content (AvgIpc) is 2.27. The van der Waals surface area contributed by atoms with Crippen molar-refractivity contribution in [1.82, 2.24) is 0 Å². The molecule has 0 aliphatic carbocycles. The fraction of sp³-hybridized carbons (Fsp3) is 0.375. The third-order valence-corrected chi connectivity index (χ3v) is 2.77. The third kappa shape index (κ3) is 4.06. The zero-order valence-corrected chi connectivity index (χ0v) is 10.9. The molecular weight excluding hydrogens is 192 g/mol. The maximum absolute atomic E-state index is 2.23. The number of hydrogen-bond donors (Lipinski definition) is 0. The minimum Gasteiger partial charge on any atom is -0.0733 e. The molecule has 0 aromatic heterocycles. The fourth-order valence-electron chi connectivity index (χ4n) is 1.66. The molecule has 1 aromatic carbocycles. The van der Waals surface area contributed by atoms with E-state index in [9.17, 15) is 0 Å². The highest BCUT2D eigenvalue weighted by Gasteiger charge is 1.93. The Hall–Kier alpha value is -1.30. The molecule has 0 heterocycles. The van der Waals surface area contributed by atoms with Gasteiger partial charge in [0.1, 0.15) is 0 Å². The lowest BCUT2D eigenvalue weighted by Gasteiger charge is -2.01. The summed E-state index contributed by atoms with van der Waals surface area (Å²) in [6.07, 6.45) is 6.87. The van der Waals surface area contributed by atoms with Gasteiger partial charge in [-0.05, 0) is 38.3 Å². The molecule has 0 heteroatoms. The van der Waals surface area contributed by atoms with Gasteiger partial charge in [-0.25, -0.2) is 0 Å². The Labute approximate surface area is 99.7 Å². The first-order chi connectivity index (χ1) is 7.63. The van der Waals surface area contributed by atoms with Crippen LogP contribution in [0, 0.1) is 6.92 Å². The summed E-state index contributed by atoms with van der Waals surface area (Å²) in [5.74, 6) is 0. The topological polar surface area (TPSA) is 0 Å². The van der Waals surface area contributed by atoms with Crippen molar-refractivity contribution >= 4 is 5.57 Å². The summed E-state index contributed by atoms with van der Waals surface area (Å²) in [5, 5.41) is 0. The van der Waals surface area contributed by atoms with E-state index in [-0.39, 0.29) is 0 Å². The monoisotopic (exact) mass is 214 g/mol. The second kappa shape index (κ2) is 6.32. The van der Waals surface area contributed by atoms with E-state index in [0.717, 1.165) is 0 Å². The number of benzene rings is 1. The Balaban J connectivity index is 2.77. The lowest BCUT2D eigenvalue weighted by atomic mass is 10.0. The van der Waals surface area contributed by atoms with Crippen LogP contribution in [0.1, 0.15) is 44.7 Å². The smallest absolute Gasteiger partial charge is 0.0227 e. The normalized spacial score (nSPS) is 13.0. The molecule has 0 N–H and O–H groups in total. The summed E-state index contributed by atoms with van der Waals surface area (Å²) in [7, 11) is 0. The molecular formula is C16H22. The highest BCUT2D eigenvalue weighted by Crippen LogP contribution is 2.15. The van der Waals surface area contributed by atoms with Crippen molar-refractivity contribution in [1.29, 1.82) is 0 Å². The molecule has 0 amide bonds. The number of aryl methyl sites for hydroxylation is 1. The predicted octanol–water partition coefficient (Wildman–Crippen LogP) is 5.14. The van der Waals surface area contributed by atoms with Crippen LogP contribution in [0.5, 0.6) is 0 Å². The lowest BCUT2D eigenvalue weighted by Crippen LogP contribution is -1.80. The van der Waals surface area contributed by atoms with Crippen molar-refractivity contribution in [3.8, 4) is 0 Å². The molecule has 0 atom stereocenters. The van der Waals surface area contributed by atoms with Crippen molar-refractivity contribution < 1.29 is 0 Å². The fourth-order valence-corrected chi connectivity index (χ4v) is 1.66. The van der Waals surface area contributed by atoms with Crippen LogP contribution in [-0.2, 0) is 0 Å². The lowest BCUT2D eigenvalue weighted by molar-refractivity contribution is 0.906. The van der Waals surface area contributed by atoms with Crippen LogP contribution in [0.25, 0.3) is 5.57 Å². The Kier molecular flexibility index (Phi) is 5.04. The summed E-state index contributed by atoms with van der Waals surface area (Å²) in [4.78, 5) is 0. The predicted molar refractivity (Wildman–Crippen MR) is 73.5 cm³/mol. The maximum atomic E-state index is 2.23. The van der Waals surface area contributed by atoms with Gasteiger partial charge in [-0.15, -0.1) is 0 Å². The van der Waals surface area contributed by atoms with Gasteiger partial charge in [-0.3, -0.25) is 0 Å².